The lowest BCUT2D eigenvalue weighted by Crippen LogP contribution is -2.22. The number of halogens is 1. The highest BCUT2D eigenvalue weighted by Crippen LogP contribution is 2.29. The van der Waals surface area contributed by atoms with Gasteiger partial charge >= 0.3 is 0 Å². The summed E-state index contributed by atoms with van der Waals surface area (Å²) in [5.74, 6) is -0.237. The van der Waals surface area contributed by atoms with Crippen molar-refractivity contribution >= 4 is 22.5 Å². The lowest BCUT2D eigenvalue weighted by atomic mass is 10.1. The van der Waals surface area contributed by atoms with Crippen molar-refractivity contribution in [3.63, 3.8) is 0 Å². The summed E-state index contributed by atoms with van der Waals surface area (Å²) in [5.41, 5.74) is -0.243. The van der Waals surface area contributed by atoms with Gasteiger partial charge in [0.1, 0.15) is 22.9 Å². The molecular formula is C18H15FN2O4. The zero-order chi connectivity index (χ0) is 18.0. The van der Waals surface area contributed by atoms with Crippen molar-refractivity contribution in [2.45, 2.75) is 0 Å². The number of para-hydroxylation sites is 1. The van der Waals surface area contributed by atoms with E-state index in [4.69, 9.17) is 9.47 Å². The Hall–Kier alpha value is -3.35. The highest BCUT2D eigenvalue weighted by Gasteiger charge is 2.16. The minimum Gasteiger partial charge on any atom is -0.497 e. The van der Waals surface area contributed by atoms with Crippen LogP contribution in [-0.4, -0.2) is 25.1 Å². The molecule has 3 aromatic rings. The van der Waals surface area contributed by atoms with Gasteiger partial charge in [0.2, 0.25) is 5.43 Å². The van der Waals surface area contributed by atoms with Crippen LogP contribution in [0.3, 0.4) is 0 Å². The molecule has 0 radical (unpaired) electrons. The fraction of sp³-hybridized carbons (Fsp3) is 0.111. The summed E-state index contributed by atoms with van der Waals surface area (Å²) in [6, 6.07) is 8.97. The number of hydrogen-bond donors (Lipinski definition) is 2. The summed E-state index contributed by atoms with van der Waals surface area (Å²) in [5, 5.41) is 2.72. The molecule has 0 unspecified atom stereocenters. The number of fused-ring (bicyclic) bond motifs is 1. The van der Waals surface area contributed by atoms with Gasteiger partial charge in [0.15, 0.2) is 0 Å². The summed E-state index contributed by atoms with van der Waals surface area (Å²) in [7, 11) is 2.97. The quantitative estimate of drug-likeness (QED) is 0.764. The first-order valence-corrected chi connectivity index (χ1v) is 7.38. The molecule has 1 heterocycles. The normalized spacial score (nSPS) is 10.5. The zero-order valence-electron chi connectivity index (χ0n) is 13.6. The number of anilines is 1. The summed E-state index contributed by atoms with van der Waals surface area (Å²) in [4.78, 5) is 27.6. The molecule has 2 N–H and O–H groups in total. The predicted octanol–water partition coefficient (Wildman–Crippen LogP) is 2.94. The molecule has 25 heavy (non-hydrogen) atoms. The Labute approximate surface area is 142 Å². The van der Waals surface area contributed by atoms with Crippen molar-refractivity contribution in [1.29, 1.82) is 0 Å². The van der Waals surface area contributed by atoms with Crippen molar-refractivity contribution in [2.75, 3.05) is 19.5 Å². The predicted molar refractivity (Wildman–Crippen MR) is 92.0 cm³/mol. The van der Waals surface area contributed by atoms with Crippen LogP contribution >= 0.6 is 0 Å². The highest BCUT2D eigenvalue weighted by atomic mass is 19.1. The van der Waals surface area contributed by atoms with Gasteiger partial charge in [-0.25, -0.2) is 4.39 Å². The second kappa shape index (κ2) is 6.64. The molecular weight excluding hydrogens is 327 g/mol. The van der Waals surface area contributed by atoms with E-state index in [1.165, 1.54) is 38.6 Å². The number of aromatic nitrogens is 1. The number of carbonyl (C=O) groups is 1. The van der Waals surface area contributed by atoms with Crippen LogP contribution in [-0.2, 0) is 0 Å². The second-order valence-electron chi connectivity index (χ2n) is 5.21. The molecule has 0 fully saturated rings. The van der Waals surface area contributed by atoms with Gasteiger partial charge in [-0.05, 0) is 24.3 Å². The van der Waals surface area contributed by atoms with Crippen molar-refractivity contribution in [1.82, 2.24) is 4.98 Å². The average molecular weight is 342 g/mol. The summed E-state index contributed by atoms with van der Waals surface area (Å²) in [6.45, 7) is 0. The summed E-state index contributed by atoms with van der Waals surface area (Å²) in [6.07, 6.45) is 1.19. The number of rotatable bonds is 4. The van der Waals surface area contributed by atoms with E-state index in [9.17, 15) is 14.0 Å². The van der Waals surface area contributed by atoms with E-state index < -0.39 is 17.2 Å². The molecule has 1 amide bonds. The van der Waals surface area contributed by atoms with Gasteiger partial charge in [-0.1, -0.05) is 6.07 Å². The van der Waals surface area contributed by atoms with E-state index in [1.807, 2.05) is 0 Å². The SMILES string of the molecule is COc1ccc(NC(=O)c2c[nH]c3c(F)cccc3c2=O)c(OC)c1. The lowest BCUT2D eigenvalue weighted by Gasteiger charge is -2.11. The number of benzene rings is 2. The largest absolute Gasteiger partial charge is 0.497 e. The maximum Gasteiger partial charge on any atom is 0.261 e. The fourth-order valence-corrected chi connectivity index (χ4v) is 2.48. The number of amides is 1. The smallest absolute Gasteiger partial charge is 0.261 e. The van der Waals surface area contributed by atoms with Gasteiger partial charge in [0.05, 0.1) is 25.4 Å². The van der Waals surface area contributed by atoms with Gasteiger partial charge in [-0.2, -0.15) is 0 Å². The monoisotopic (exact) mass is 342 g/mol. The minimum absolute atomic E-state index is 0.0612. The van der Waals surface area contributed by atoms with Crippen LogP contribution < -0.4 is 20.2 Å². The first kappa shape index (κ1) is 16.5. The first-order valence-electron chi connectivity index (χ1n) is 7.38. The topological polar surface area (TPSA) is 80.4 Å². The third-order valence-corrected chi connectivity index (χ3v) is 3.77. The standard InChI is InChI=1S/C18H15FN2O4/c1-24-10-6-7-14(15(8-10)25-2)21-18(23)12-9-20-16-11(17(12)22)4-3-5-13(16)19/h3-9H,1-2H3,(H,20,22)(H,21,23). The Balaban J connectivity index is 1.98. The Morgan fingerprint density at radius 2 is 1.96 bits per heavy atom. The Bertz CT molecular complexity index is 1010. The number of hydrogen-bond acceptors (Lipinski definition) is 4. The highest BCUT2D eigenvalue weighted by molar-refractivity contribution is 6.06. The number of methoxy groups -OCH3 is 2. The van der Waals surface area contributed by atoms with Crippen LogP contribution in [0.4, 0.5) is 10.1 Å². The molecule has 0 saturated carbocycles. The number of ether oxygens (including phenoxy) is 2. The fourth-order valence-electron chi connectivity index (χ4n) is 2.48. The van der Waals surface area contributed by atoms with Gasteiger partial charge in [-0.15, -0.1) is 0 Å². The summed E-state index contributed by atoms with van der Waals surface area (Å²) >= 11 is 0. The lowest BCUT2D eigenvalue weighted by molar-refractivity contribution is 0.102. The first-order chi connectivity index (χ1) is 12.0. The molecule has 1 aromatic heterocycles. The maximum atomic E-state index is 13.7. The molecule has 2 aromatic carbocycles. The van der Waals surface area contributed by atoms with Crippen molar-refractivity contribution < 1.29 is 18.7 Å². The molecule has 0 aliphatic rings. The third-order valence-electron chi connectivity index (χ3n) is 3.77. The minimum atomic E-state index is -0.629. The van der Waals surface area contributed by atoms with Crippen LogP contribution in [0.25, 0.3) is 10.9 Å². The molecule has 0 atom stereocenters. The Morgan fingerprint density at radius 3 is 2.68 bits per heavy atom. The number of aromatic amines is 1. The number of nitrogens with one attached hydrogen (secondary N) is 2. The van der Waals surface area contributed by atoms with E-state index in [1.54, 1.807) is 18.2 Å². The number of carbonyl (C=O) groups excluding carboxylic acids is 1. The van der Waals surface area contributed by atoms with Crippen LogP contribution in [0.15, 0.2) is 47.4 Å². The number of pyridine rings is 1. The van der Waals surface area contributed by atoms with E-state index in [0.29, 0.717) is 17.2 Å². The van der Waals surface area contributed by atoms with Gasteiger partial charge in [-0.3, -0.25) is 9.59 Å². The van der Waals surface area contributed by atoms with E-state index in [-0.39, 0.29) is 16.5 Å². The molecule has 3 rings (SSSR count). The van der Waals surface area contributed by atoms with Crippen molar-refractivity contribution in [3.8, 4) is 11.5 Å². The van der Waals surface area contributed by atoms with Crippen molar-refractivity contribution in [3.05, 3.63) is 64.2 Å². The van der Waals surface area contributed by atoms with Crippen LogP contribution in [0.1, 0.15) is 10.4 Å². The maximum absolute atomic E-state index is 13.7. The molecule has 7 heteroatoms. The Morgan fingerprint density at radius 1 is 1.16 bits per heavy atom. The molecule has 0 spiro atoms. The van der Waals surface area contributed by atoms with Crippen molar-refractivity contribution in [2.24, 2.45) is 0 Å². The summed E-state index contributed by atoms with van der Waals surface area (Å²) < 4.78 is 24.0. The third kappa shape index (κ3) is 3.03. The second-order valence-corrected chi connectivity index (χ2v) is 5.21. The van der Waals surface area contributed by atoms with Gasteiger partial charge in [0.25, 0.3) is 5.91 Å². The molecule has 0 bridgehead atoms. The van der Waals surface area contributed by atoms with Gasteiger partial charge < -0.3 is 19.8 Å². The van der Waals surface area contributed by atoms with E-state index in [2.05, 4.69) is 10.3 Å². The Kier molecular flexibility index (Phi) is 4.38. The molecule has 6 nitrogen and oxygen atoms in total. The molecule has 0 aliphatic carbocycles. The van der Waals surface area contributed by atoms with Crippen LogP contribution in [0.2, 0.25) is 0 Å². The molecule has 0 aliphatic heterocycles. The average Bonchev–Trinajstić information content (AvgIpc) is 2.63. The number of H-pyrrole nitrogens is 1. The van der Waals surface area contributed by atoms with E-state index in [0.717, 1.165) is 0 Å². The van der Waals surface area contributed by atoms with Crippen LogP contribution in [0, 0.1) is 5.82 Å². The molecule has 128 valence electrons. The molecule has 0 saturated heterocycles. The van der Waals surface area contributed by atoms with Crippen LogP contribution in [0.5, 0.6) is 11.5 Å². The zero-order valence-corrected chi connectivity index (χ0v) is 13.6. The van der Waals surface area contributed by atoms with E-state index >= 15 is 0 Å². The van der Waals surface area contributed by atoms with Gasteiger partial charge in [0, 0.05) is 17.6 Å².